The van der Waals surface area contributed by atoms with Crippen LogP contribution in [-0.4, -0.2) is 46.5 Å². The van der Waals surface area contributed by atoms with Crippen molar-refractivity contribution in [2.24, 2.45) is 0 Å². The molecule has 8 heteroatoms. The summed E-state index contributed by atoms with van der Waals surface area (Å²) in [6.07, 6.45) is 0.691. The number of amides is 1. The van der Waals surface area contributed by atoms with Gasteiger partial charge in [-0.15, -0.1) is 0 Å². The Morgan fingerprint density at radius 1 is 1.00 bits per heavy atom. The van der Waals surface area contributed by atoms with Gasteiger partial charge in [0.25, 0.3) is 10.0 Å². The molecule has 0 radical (unpaired) electrons. The van der Waals surface area contributed by atoms with Crippen molar-refractivity contribution in [1.82, 2.24) is 9.62 Å². The molecular formula is C26H28N2O5S. The van der Waals surface area contributed by atoms with Crippen LogP contribution in [0.2, 0.25) is 0 Å². The van der Waals surface area contributed by atoms with Gasteiger partial charge in [0.05, 0.1) is 31.7 Å². The molecule has 1 atom stereocenters. The van der Waals surface area contributed by atoms with Crippen molar-refractivity contribution in [2.75, 3.05) is 27.3 Å². The molecule has 3 aromatic rings. The highest BCUT2D eigenvalue weighted by atomic mass is 32.2. The van der Waals surface area contributed by atoms with Crippen molar-refractivity contribution < 1.29 is 22.7 Å². The molecule has 1 N–H and O–H groups in total. The SMILES string of the molecule is COc1cc2c(cc1OC)C(c1ccccc1)N(CC(=O)NS(=O)(=O)c1ccccc1C)CC2. The Kier molecular flexibility index (Phi) is 6.90. The molecule has 0 fully saturated rings. The molecule has 178 valence electrons. The largest absolute Gasteiger partial charge is 0.493 e. The molecule has 3 aromatic carbocycles. The number of carbonyl (C=O) groups excluding carboxylic acids is 1. The molecule has 4 rings (SSSR count). The molecule has 1 heterocycles. The van der Waals surface area contributed by atoms with E-state index in [4.69, 9.17) is 9.47 Å². The van der Waals surface area contributed by atoms with Gasteiger partial charge < -0.3 is 9.47 Å². The summed E-state index contributed by atoms with van der Waals surface area (Å²) in [4.78, 5) is 15.0. The zero-order chi connectivity index (χ0) is 24.3. The highest BCUT2D eigenvalue weighted by molar-refractivity contribution is 7.90. The summed E-state index contributed by atoms with van der Waals surface area (Å²) in [7, 11) is -0.772. The number of methoxy groups -OCH3 is 2. The van der Waals surface area contributed by atoms with Crippen molar-refractivity contribution >= 4 is 15.9 Å². The Morgan fingerprint density at radius 3 is 2.32 bits per heavy atom. The fraction of sp³-hybridized carbons (Fsp3) is 0.269. The van der Waals surface area contributed by atoms with E-state index in [0.29, 0.717) is 30.0 Å². The van der Waals surface area contributed by atoms with Crippen molar-refractivity contribution in [1.29, 1.82) is 0 Å². The van der Waals surface area contributed by atoms with Crippen LogP contribution in [0, 0.1) is 6.92 Å². The van der Waals surface area contributed by atoms with Crippen molar-refractivity contribution in [3.8, 4) is 11.5 Å². The zero-order valence-corrected chi connectivity index (χ0v) is 20.3. The highest BCUT2D eigenvalue weighted by Crippen LogP contribution is 2.40. The van der Waals surface area contributed by atoms with Gasteiger partial charge in [0.2, 0.25) is 5.91 Å². The Labute approximate surface area is 200 Å². The molecule has 1 amide bonds. The van der Waals surface area contributed by atoms with E-state index in [-0.39, 0.29) is 17.5 Å². The van der Waals surface area contributed by atoms with E-state index in [1.165, 1.54) is 6.07 Å². The van der Waals surface area contributed by atoms with Crippen molar-refractivity contribution in [2.45, 2.75) is 24.3 Å². The molecule has 1 aliphatic heterocycles. The van der Waals surface area contributed by atoms with E-state index in [1.807, 2.05) is 47.4 Å². The number of hydrogen-bond donors (Lipinski definition) is 1. The van der Waals surface area contributed by atoms with E-state index in [1.54, 1.807) is 39.3 Å². The van der Waals surface area contributed by atoms with Gasteiger partial charge in [0, 0.05) is 6.54 Å². The van der Waals surface area contributed by atoms with Gasteiger partial charge in [-0.1, -0.05) is 48.5 Å². The summed E-state index contributed by atoms with van der Waals surface area (Å²) in [5.41, 5.74) is 3.70. The summed E-state index contributed by atoms with van der Waals surface area (Å²) in [6.45, 7) is 2.21. The van der Waals surface area contributed by atoms with Crippen LogP contribution < -0.4 is 14.2 Å². The van der Waals surface area contributed by atoms with Gasteiger partial charge in [0.15, 0.2) is 11.5 Å². The predicted molar refractivity (Wildman–Crippen MR) is 130 cm³/mol. The van der Waals surface area contributed by atoms with Crippen molar-refractivity contribution in [3.05, 3.63) is 89.0 Å². The van der Waals surface area contributed by atoms with E-state index in [0.717, 1.165) is 16.7 Å². The summed E-state index contributed by atoms with van der Waals surface area (Å²) < 4.78 is 38.9. The fourth-order valence-corrected chi connectivity index (χ4v) is 5.70. The lowest BCUT2D eigenvalue weighted by Crippen LogP contribution is -2.44. The summed E-state index contributed by atoms with van der Waals surface area (Å²) in [5.74, 6) is 0.687. The molecule has 0 saturated carbocycles. The van der Waals surface area contributed by atoms with Crippen LogP contribution in [0.3, 0.4) is 0 Å². The first kappa shape index (κ1) is 23.8. The lowest BCUT2D eigenvalue weighted by Gasteiger charge is -2.37. The lowest BCUT2D eigenvalue weighted by molar-refractivity contribution is -0.121. The van der Waals surface area contributed by atoms with Gasteiger partial charge in [0.1, 0.15) is 0 Å². The molecule has 0 aromatic heterocycles. The molecular weight excluding hydrogens is 452 g/mol. The molecule has 0 bridgehead atoms. The second-order valence-corrected chi connectivity index (χ2v) is 9.88. The Morgan fingerprint density at radius 2 is 1.65 bits per heavy atom. The maximum Gasteiger partial charge on any atom is 0.264 e. The molecule has 7 nitrogen and oxygen atoms in total. The molecule has 0 spiro atoms. The maximum absolute atomic E-state index is 12.9. The third-order valence-corrected chi connectivity index (χ3v) is 7.60. The minimum Gasteiger partial charge on any atom is -0.493 e. The van der Waals surface area contributed by atoms with Crippen LogP contribution in [0.25, 0.3) is 0 Å². The van der Waals surface area contributed by atoms with Crippen LogP contribution >= 0.6 is 0 Å². The molecule has 0 aliphatic carbocycles. The number of nitrogens with zero attached hydrogens (tertiary/aromatic N) is 1. The highest BCUT2D eigenvalue weighted by Gasteiger charge is 2.32. The number of benzene rings is 3. The van der Waals surface area contributed by atoms with Crippen LogP contribution in [0.5, 0.6) is 11.5 Å². The zero-order valence-electron chi connectivity index (χ0n) is 19.4. The van der Waals surface area contributed by atoms with E-state index in [2.05, 4.69) is 4.72 Å². The number of nitrogens with one attached hydrogen (secondary N) is 1. The van der Waals surface area contributed by atoms with E-state index >= 15 is 0 Å². The second kappa shape index (κ2) is 9.87. The van der Waals surface area contributed by atoms with E-state index < -0.39 is 15.9 Å². The average Bonchev–Trinajstić information content (AvgIpc) is 2.83. The third kappa shape index (κ3) is 4.78. The number of ether oxygens (including phenoxy) is 2. The predicted octanol–water partition coefficient (Wildman–Crippen LogP) is 3.46. The monoisotopic (exact) mass is 480 g/mol. The molecule has 1 unspecified atom stereocenters. The maximum atomic E-state index is 12.9. The smallest absolute Gasteiger partial charge is 0.264 e. The van der Waals surface area contributed by atoms with Gasteiger partial charge in [-0.2, -0.15) is 0 Å². The number of rotatable bonds is 7. The number of carbonyl (C=O) groups is 1. The van der Waals surface area contributed by atoms with Gasteiger partial charge in [-0.25, -0.2) is 13.1 Å². The Hall–Kier alpha value is -3.36. The van der Waals surface area contributed by atoms with Crippen LogP contribution in [0.1, 0.15) is 28.3 Å². The van der Waals surface area contributed by atoms with E-state index in [9.17, 15) is 13.2 Å². The number of sulfonamides is 1. The minimum absolute atomic E-state index is 0.0710. The third-order valence-electron chi connectivity index (χ3n) is 6.07. The van der Waals surface area contributed by atoms with Gasteiger partial charge in [-0.05, 0) is 53.8 Å². The first-order valence-electron chi connectivity index (χ1n) is 11.0. The quantitative estimate of drug-likeness (QED) is 0.558. The fourth-order valence-electron chi connectivity index (χ4n) is 4.47. The Balaban J connectivity index is 1.65. The molecule has 1 aliphatic rings. The summed E-state index contributed by atoms with van der Waals surface area (Å²) in [6, 6.07) is 20.1. The van der Waals surface area contributed by atoms with Gasteiger partial charge >= 0.3 is 0 Å². The minimum atomic E-state index is -3.97. The average molecular weight is 481 g/mol. The number of fused-ring (bicyclic) bond motifs is 1. The molecule has 0 saturated heterocycles. The first-order valence-corrected chi connectivity index (χ1v) is 12.5. The summed E-state index contributed by atoms with van der Waals surface area (Å²) >= 11 is 0. The van der Waals surface area contributed by atoms with Crippen LogP contribution in [-0.2, 0) is 21.2 Å². The number of hydrogen-bond acceptors (Lipinski definition) is 6. The normalized spacial score (nSPS) is 15.9. The first-order chi connectivity index (χ1) is 16.3. The topological polar surface area (TPSA) is 84.9 Å². The van der Waals surface area contributed by atoms with Crippen LogP contribution in [0.15, 0.2) is 71.6 Å². The summed E-state index contributed by atoms with van der Waals surface area (Å²) in [5, 5.41) is 0. The Bertz CT molecular complexity index is 1290. The lowest BCUT2D eigenvalue weighted by atomic mass is 9.87. The number of aryl methyl sites for hydroxylation is 1. The van der Waals surface area contributed by atoms with Crippen molar-refractivity contribution in [3.63, 3.8) is 0 Å². The second-order valence-electron chi connectivity index (χ2n) is 8.23. The standard InChI is InChI=1S/C26H28N2O5S/c1-18-9-7-8-12-24(18)34(30,31)27-25(29)17-28-14-13-20-15-22(32-2)23(33-3)16-21(20)26(28)19-10-5-4-6-11-19/h4-12,15-16,26H,13-14,17H2,1-3H3,(H,27,29). The van der Waals surface area contributed by atoms with Gasteiger partial charge in [-0.3, -0.25) is 9.69 Å². The van der Waals surface area contributed by atoms with Crippen LogP contribution in [0.4, 0.5) is 0 Å². The molecule has 34 heavy (non-hydrogen) atoms.